The van der Waals surface area contributed by atoms with E-state index < -0.39 is 5.41 Å². The molecular weight excluding hydrogens is 226 g/mol. The lowest BCUT2D eigenvalue weighted by molar-refractivity contribution is -0.123. The molecule has 0 bridgehead atoms. The zero-order valence-corrected chi connectivity index (χ0v) is 10.6. The van der Waals surface area contributed by atoms with Crippen molar-refractivity contribution >= 4 is 36.9 Å². The van der Waals surface area contributed by atoms with Gasteiger partial charge in [0, 0.05) is 11.1 Å². The smallest absolute Gasteiger partial charge is 0.229 e. The van der Waals surface area contributed by atoms with Crippen LogP contribution in [-0.4, -0.2) is 5.91 Å². The van der Waals surface area contributed by atoms with Crippen molar-refractivity contribution in [2.45, 2.75) is 30.6 Å². The van der Waals surface area contributed by atoms with Crippen LogP contribution in [0.3, 0.4) is 0 Å². The second kappa shape index (κ2) is 4.33. The van der Waals surface area contributed by atoms with E-state index in [1.54, 1.807) is 18.2 Å². The van der Waals surface area contributed by atoms with E-state index in [0.29, 0.717) is 15.5 Å². The summed E-state index contributed by atoms with van der Waals surface area (Å²) >= 11 is 10.1. The average molecular weight is 239 g/mol. The van der Waals surface area contributed by atoms with Gasteiger partial charge in [0.2, 0.25) is 5.91 Å². The third kappa shape index (κ3) is 3.04. The number of carbonyl (C=O) groups is 1. The van der Waals surface area contributed by atoms with Crippen LogP contribution in [0.1, 0.15) is 20.8 Å². The van der Waals surface area contributed by atoms with E-state index >= 15 is 0 Å². The van der Waals surface area contributed by atoms with Crippen LogP contribution in [0.5, 0.6) is 0 Å². The summed E-state index contributed by atoms with van der Waals surface area (Å²) in [7, 11) is 0. The molecular formula is C11H13NOS2-2. The minimum atomic E-state index is -0.431. The minimum absolute atomic E-state index is 0.0609. The molecule has 0 atom stereocenters. The Kier molecular flexibility index (Phi) is 3.52. The third-order valence-electron chi connectivity index (χ3n) is 1.91. The maximum Gasteiger partial charge on any atom is 0.229 e. The topological polar surface area (TPSA) is 29.1 Å². The molecule has 0 saturated carbocycles. The Bertz CT molecular complexity index is 383. The van der Waals surface area contributed by atoms with E-state index in [-0.39, 0.29) is 5.91 Å². The summed E-state index contributed by atoms with van der Waals surface area (Å²) in [6, 6.07) is 5.31. The van der Waals surface area contributed by atoms with Crippen molar-refractivity contribution in [3.8, 4) is 0 Å². The van der Waals surface area contributed by atoms with Crippen LogP contribution < -0.4 is 5.32 Å². The summed E-state index contributed by atoms with van der Waals surface area (Å²) in [6.45, 7) is 5.55. The molecule has 0 heterocycles. The summed E-state index contributed by atoms with van der Waals surface area (Å²) in [5.41, 5.74) is 0.191. The molecule has 1 aromatic carbocycles. The molecule has 1 aromatic rings. The fourth-order valence-electron chi connectivity index (χ4n) is 0.924. The number of rotatable bonds is 1. The first kappa shape index (κ1) is 12.2. The maximum atomic E-state index is 11.7. The van der Waals surface area contributed by atoms with Gasteiger partial charge in [-0.1, -0.05) is 32.9 Å². The Morgan fingerprint density at radius 1 is 1.27 bits per heavy atom. The molecule has 82 valence electrons. The van der Waals surface area contributed by atoms with Crippen molar-refractivity contribution in [2.75, 3.05) is 5.32 Å². The summed E-state index contributed by atoms with van der Waals surface area (Å²) in [6.07, 6.45) is 0. The lowest BCUT2D eigenvalue weighted by Gasteiger charge is -2.26. The van der Waals surface area contributed by atoms with Gasteiger partial charge in [-0.15, -0.1) is 0 Å². The number of nitrogens with one attached hydrogen (secondary N) is 1. The Morgan fingerprint density at radius 2 is 1.87 bits per heavy atom. The number of amides is 1. The van der Waals surface area contributed by atoms with Crippen molar-refractivity contribution < 1.29 is 4.79 Å². The highest BCUT2D eigenvalue weighted by Gasteiger charge is 2.20. The van der Waals surface area contributed by atoms with Gasteiger partial charge in [0.05, 0.1) is 0 Å². The van der Waals surface area contributed by atoms with Crippen molar-refractivity contribution in [3.63, 3.8) is 0 Å². The lowest BCUT2D eigenvalue weighted by Crippen LogP contribution is -2.27. The molecule has 1 amide bonds. The highest BCUT2D eigenvalue weighted by atomic mass is 32.1. The van der Waals surface area contributed by atoms with Gasteiger partial charge in [-0.2, -0.15) is 9.79 Å². The molecule has 0 saturated heterocycles. The Hall–Kier alpha value is -0.870. The molecule has 1 rings (SSSR count). The van der Waals surface area contributed by atoms with Crippen LogP contribution in [0.4, 0.5) is 5.69 Å². The van der Waals surface area contributed by atoms with Gasteiger partial charge in [0.25, 0.3) is 0 Å². The first-order valence-electron chi connectivity index (χ1n) is 4.61. The van der Waals surface area contributed by atoms with E-state index in [2.05, 4.69) is 5.32 Å². The average Bonchev–Trinajstić information content (AvgIpc) is 2.11. The predicted molar refractivity (Wildman–Crippen MR) is 65.8 cm³/mol. The molecule has 4 heteroatoms. The molecule has 0 aromatic heterocycles. The Balaban J connectivity index is 2.91. The van der Waals surface area contributed by atoms with Crippen LogP contribution in [0.2, 0.25) is 0 Å². The fraction of sp³-hybridized carbons (Fsp3) is 0.364. The molecule has 1 N–H and O–H groups in total. The van der Waals surface area contributed by atoms with Gasteiger partial charge in [-0.3, -0.25) is 4.79 Å². The number of hydrogen-bond donors (Lipinski definition) is 1. The molecule has 0 unspecified atom stereocenters. The van der Waals surface area contributed by atoms with Gasteiger partial charge in [0.15, 0.2) is 0 Å². The highest BCUT2D eigenvalue weighted by molar-refractivity contribution is 7.62. The summed E-state index contributed by atoms with van der Waals surface area (Å²) < 4.78 is 0. The van der Waals surface area contributed by atoms with Crippen LogP contribution >= 0.6 is 0 Å². The largest absolute Gasteiger partial charge is 0.781 e. The lowest BCUT2D eigenvalue weighted by atomic mass is 9.95. The van der Waals surface area contributed by atoms with Gasteiger partial charge < -0.3 is 30.6 Å². The number of carbonyl (C=O) groups excluding carboxylic acids is 1. The quantitative estimate of drug-likeness (QED) is 0.763. The molecule has 0 radical (unpaired) electrons. The normalized spacial score (nSPS) is 11.1. The van der Waals surface area contributed by atoms with E-state index in [1.807, 2.05) is 20.8 Å². The summed E-state index contributed by atoms with van der Waals surface area (Å²) in [5, 5.41) is 2.78. The van der Waals surface area contributed by atoms with E-state index in [4.69, 9.17) is 25.3 Å². The van der Waals surface area contributed by atoms with Gasteiger partial charge in [-0.05, 0) is 6.07 Å². The number of anilines is 1. The van der Waals surface area contributed by atoms with E-state index in [9.17, 15) is 4.79 Å². The molecule has 15 heavy (non-hydrogen) atoms. The molecule has 0 aliphatic carbocycles. The standard InChI is InChI=1S/C11H15NOS2/c1-11(2,3)10(13)12-7-5-4-6-8(14)9(7)15/h4-6,14-15H,1-3H3,(H,12,13)/p-2. The second-order valence-corrected chi connectivity index (χ2v) is 5.19. The zero-order chi connectivity index (χ0) is 11.6. The second-order valence-electron chi connectivity index (χ2n) is 4.34. The van der Waals surface area contributed by atoms with Crippen molar-refractivity contribution in [3.05, 3.63) is 18.2 Å². The molecule has 0 fully saturated rings. The molecule has 2 nitrogen and oxygen atoms in total. The van der Waals surface area contributed by atoms with Crippen LogP contribution in [0.25, 0.3) is 0 Å². The van der Waals surface area contributed by atoms with Crippen LogP contribution in [-0.2, 0) is 30.1 Å². The fourth-order valence-corrected chi connectivity index (χ4v) is 1.30. The SMILES string of the molecule is CC(C)(C)C(=O)Nc1cccc([S-])c1[S-]. The van der Waals surface area contributed by atoms with Gasteiger partial charge in [-0.25, -0.2) is 0 Å². The monoisotopic (exact) mass is 239 g/mol. The molecule has 0 aliphatic heterocycles. The van der Waals surface area contributed by atoms with Crippen molar-refractivity contribution in [1.82, 2.24) is 0 Å². The maximum absolute atomic E-state index is 11.7. The van der Waals surface area contributed by atoms with Crippen LogP contribution in [0, 0.1) is 5.41 Å². The third-order valence-corrected chi connectivity index (χ3v) is 2.82. The summed E-state index contributed by atoms with van der Waals surface area (Å²) in [4.78, 5) is 12.8. The Labute approximate surface area is 101 Å². The molecule has 0 spiro atoms. The van der Waals surface area contributed by atoms with Gasteiger partial charge >= 0.3 is 0 Å². The van der Waals surface area contributed by atoms with Crippen molar-refractivity contribution in [1.29, 1.82) is 0 Å². The Morgan fingerprint density at radius 3 is 2.40 bits per heavy atom. The number of hydrogen-bond acceptors (Lipinski definition) is 3. The predicted octanol–water partition coefficient (Wildman–Crippen LogP) is 2.48. The van der Waals surface area contributed by atoms with E-state index in [1.165, 1.54) is 0 Å². The first-order valence-corrected chi connectivity index (χ1v) is 5.42. The van der Waals surface area contributed by atoms with Gasteiger partial charge in [0.1, 0.15) is 0 Å². The van der Waals surface area contributed by atoms with E-state index in [0.717, 1.165) is 0 Å². The summed E-state index contributed by atoms with van der Waals surface area (Å²) in [5.74, 6) is -0.0609. The van der Waals surface area contributed by atoms with Crippen molar-refractivity contribution in [2.24, 2.45) is 5.41 Å². The first-order chi connectivity index (χ1) is 6.82. The minimum Gasteiger partial charge on any atom is -0.781 e. The zero-order valence-electron chi connectivity index (χ0n) is 8.96. The number of benzene rings is 1. The highest BCUT2D eigenvalue weighted by Crippen LogP contribution is 2.22. The van der Waals surface area contributed by atoms with Crippen LogP contribution in [0.15, 0.2) is 28.0 Å². The molecule has 0 aliphatic rings.